The predicted molar refractivity (Wildman–Crippen MR) is 141 cm³/mol. The Balaban J connectivity index is 1.53. The Labute approximate surface area is 230 Å². The quantitative estimate of drug-likeness (QED) is 0.193. The first-order valence-electron chi connectivity index (χ1n) is 12.2. The molecule has 14 nitrogen and oxygen atoms in total. The second kappa shape index (κ2) is 10.7. The van der Waals surface area contributed by atoms with Gasteiger partial charge in [-0.25, -0.2) is 23.9 Å². The van der Waals surface area contributed by atoms with Crippen LogP contribution in [0.25, 0.3) is 34.2 Å². The fourth-order valence-electron chi connectivity index (χ4n) is 4.03. The number of carboxylic acids is 2. The molecule has 41 heavy (non-hydrogen) atoms. The summed E-state index contributed by atoms with van der Waals surface area (Å²) in [4.78, 5) is 39.9. The second-order valence-electron chi connectivity index (χ2n) is 8.91. The second-order valence-corrected chi connectivity index (χ2v) is 8.91. The van der Waals surface area contributed by atoms with E-state index < -0.39 is 23.4 Å². The number of aromatic carboxylic acids is 2. The van der Waals surface area contributed by atoms with Crippen molar-refractivity contribution in [2.24, 2.45) is 0 Å². The highest BCUT2D eigenvalue weighted by Gasteiger charge is 2.18. The first-order chi connectivity index (χ1) is 19.6. The molecule has 206 valence electrons. The Hall–Kier alpha value is -5.92. The van der Waals surface area contributed by atoms with Gasteiger partial charge in [0.25, 0.3) is 0 Å². The average Bonchev–Trinajstić information content (AvgIpc) is 3.63. The maximum atomic E-state index is 12.9. The summed E-state index contributed by atoms with van der Waals surface area (Å²) in [5.41, 5.74) is 1.74. The van der Waals surface area contributed by atoms with Crippen LogP contribution in [-0.4, -0.2) is 73.1 Å². The lowest BCUT2D eigenvalue weighted by Crippen LogP contribution is -2.01. The van der Waals surface area contributed by atoms with E-state index in [4.69, 9.17) is 10.2 Å². The van der Waals surface area contributed by atoms with Crippen LogP contribution in [0.2, 0.25) is 0 Å². The van der Waals surface area contributed by atoms with Crippen molar-refractivity contribution in [1.29, 1.82) is 0 Å². The first kappa shape index (κ1) is 26.7. The van der Waals surface area contributed by atoms with Crippen molar-refractivity contribution in [1.82, 2.24) is 35.0 Å². The van der Waals surface area contributed by atoms with Gasteiger partial charge in [-0.05, 0) is 42.8 Å². The average molecular weight is 556 g/mol. The SMILES string of the molecule is CCCC(=O)c1cc(-c2cn(-c3ccc(C(=O)O)c(O)c3)nn2)nc(-c2cn(-c3ccc(C(=O)O)c(O)c3)nn2)c1. The molecule has 2 aromatic carbocycles. The topological polar surface area (TPSA) is 206 Å². The molecule has 0 saturated carbocycles. The van der Waals surface area contributed by atoms with E-state index in [9.17, 15) is 24.6 Å². The number of hydrogen-bond acceptors (Lipinski definition) is 10. The van der Waals surface area contributed by atoms with Gasteiger partial charge in [-0.1, -0.05) is 17.4 Å². The number of pyridine rings is 1. The van der Waals surface area contributed by atoms with Crippen molar-refractivity contribution < 1.29 is 34.8 Å². The summed E-state index contributed by atoms with van der Waals surface area (Å²) in [5.74, 6) is -3.54. The molecule has 0 atom stereocenters. The molecule has 0 saturated heterocycles. The fraction of sp³-hybridized carbons (Fsp3) is 0.111. The molecule has 0 aliphatic carbocycles. The largest absolute Gasteiger partial charge is 0.507 e. The van der Waals surface area contributed by atoms with Gasteiger partial charge in [-0.2, -0.15) is 0 Å². The maximum absolute atomic E-state index is 12.9. The lowest BCUT2D eigenvalue weighted by molar-refractivity contribution is 0.0682. The highest BCUT2D eigenvalue weighted by molar-refractivity contribution is 5.97. The minimum Gasteiger partial charge on any atom is -0.507 e. The van der Waals surface area contributed by atoms with E-state index in [0.717, 1.165) is 0 Å². The van der Waals surface area contributed by atoms with Gasteiger partial charge in [0.1, 0.15) is 34.0 Å². The number of carboxylic acid groups (broad SMARTS) is 2. The standard InChI is InChI=1S/C27H21N7O7/c1-2-3-23(35)14-8-19(21-12-33(31-29-21)15-4-6-17(26(38)39)24(36)10-15)28-20(9-14)22-13-34(32-30-22)16-5-7-18(27(40)41)25(37)11-16/h4-13,36-37H,2-3H2,1H3,(H,38,39)(H,40,41). The van der Waals surface area contributed by atoms with Crippen molar-refractivity contribution >= 4 is 17.7 Å². The Morgan fingerprint density at radius 3 is 1.56 bits per heavy atom. The van der Waals surface area contributed by atoms with E-state index in [1.807, 2.05) is 6.92 Å². The van der Waals surface area contributed by atoms with Gasteiger partial charge in [-0.3, -0.25) is 4.79 Å². The number of nitrogens with zero attached hydrogens (tertiary/aromatic N) is 7. The number of benzene rings is 2. The number of carbonyl (C=O) groups excluding carboxylic acids is 1. The summed E-state index contributed by atoms with van der Waals surface area (Å²) >= 11 is 0. The Kier molecular flexibility index (Phi) is 6.95. The van der Waals surface area contributed by atoms with Crippen molar-refractivity contribution in [2.45, 2.75) is 19.8 Å². The van der Waals surface area contributed by atoms with Gasteiger partial charge in [0.05, 0.1) is 35.2 Å². The van der Waals surface area contributed by atoms with Gasteiger partial charge in [0.2, 0.25) is 0 Å². The highest BCUT2D eigenvalue weighted by Crippen LogP contribution is 2.27. The zero-order chi connectivity index (χ0) is 29.3. The van der Waals surface area contributed by atoms with Crippen LogP contribution in [0.1, 0.15) is 50.8 Å². The summed E-state index contributed by atoms with van der Waals surface area (Å²) in [5, 5.41) is 54.8. The van der Waals surface area contributed by atoms with Crippen molar-refractivity contribution in [3.8, 4) is 45.6 Å². The summed E-state index contributed by atoms with van der Waals surface area (Å²) in [6, 6.07) is 11.0. The maximum Gasteiger partial charge on any atom is 0.339 e. The summed E-state index contributed by atoms with van der Waals surface area (Å²) < 4.78 is 2.65. The first-order valence-corrected chi connectivity index (χ1v) is 12.2. The van der Waals surface area contributed by atoms with Crippen LogP contribution in [0, 0.1) is 0 Å². The smallest absolute Gasteiger partial charge is 0.339 e. The van der Waals surface area contributed by atoms with Crippen LogP contribution in [0.3, 0.4) is 0 Å². The molecule has 3 heterocycles. The predicted octanol–water partition coefficient (Wildman–Crippen LogP) is 3.37. The zero-order valence-electron chi connectivity index (χ0n) is 21.3. The molecule has 0 amide bonds. The molecule has 0 aliphatic heterocycles. The van der Waals surface area contributed by atoms with Gasteiger partial charge in [-0.15, -0.1) is 10.2 Å². The number of hydrogen-bond donors (Lipinski definition) is 4. The summed E-state index contributed by atoms with van der Waals surface area (Å²) in [7, 11) is 0. The number of aromatic nitrogens is 7. The summed E-state index contributed by atoms with van der Waals surface area (Å²) in [6.45, 7) is 1.88. The third-order valence-electron chi connectivity index (χ3n) is 6.09. The van der Waals surface area contributed by atoms with Crippen LogP contribution in [0.4, 0.5) is 0 Å². The van der Waals surface area contributed by atoms with Crippen molar-refractivity contribution in [2.75, 3.05) is 0 Å². The summed E-state index contributed by atoms with van der Waals surface area (Å²) in [6.07, 6.45) is 3.95. The molecule has 14 heteroatoms. The Bertz CT molecular complexity index is 1710. The number of phenols is 2. The van der Waals surface area contributed by atoms with Crippen LogP contribution in [-0.2, 0) is 0 Å². The Morgan fingerprint density at radius 1 is 0.707 bits per heavy atom. The van der Waals surface area contributed by atoms with Crippen molar-refractivity contribution in [3.63, 3.8) is 0 Å². The van der Waals surface area contributed by atoms with Gasteiger partial charge >= 0.3 is 11.9 Å². The van der Waals surface area contributed by atoms with E-state index in [0.29, 0.717) is 52.6 Å². The normalized spacial score (nSPS) is 11.0. The molecule has 0 unspecified atom stereocenters. The third kappa shape index (κ3) is 5.34. The molecule has 4 N–H and O–H groups in total. The highest BCUT2D eigenvalue weighted by atomic mass is 16.4. The third-order valence-corrected chi connectivity index (χ3v) is 6.09. The molecule has 0 radical (unpaired) electrons. The minimum atomic E-state index is -1.27. The van der Waals surface area contributed by atoms with E-state index >= 15 is 0 Å². The monoisotopic (exact) mass is 555 g/mol. The van der Waals surface area contributed by atoms with Crippen LogP contribution >= 0.6 is 0 Å². The number of Topliss-reactive ketones (excluding diaryl/α,β-unsaturated/α-hetero) is 1. The van der Waals surface area contributed by atoms with Crippen LogP contribution in [0.15, 0.2) is 60.9 Å². The zero-order valence-corrected chi connectivity index (χ0v) is 21.3. The Morgan fingerprint density at radius 2 is 1.17 bits per heavy atom. The molecular weight excluding hydrogens is 534 g/mol. The molecule has 0 fully saturated rings. The molecule has 0 spiro atoms. The molecular formula is C27H21N7O7. The fourth-order valence-corrected chi connectivity index (χ4v) is 4.03. The number of rotatable bonds is 9. The number of aromatic hydroxyl groups is 2. The lowest BCUT2D eigenvalue weighted by Gasteiger charge is -2.06. The van der Waals surface area contributed by atoms with Crippen LogP contribution in [0.5, 0.6) is 11.5 Å². The van der Waals surface area contributed by atoms with Crippen LogP contribution < -0.4 is 0 Å². The van der Waals surface area contributed by atoms with E-state index in [1.54, 1.807) is 12.1 Å². The molecule has 5 aromatic rings. The number of ketones is 1. The number of carbonyl (C=O) groups is 3. The molecule has 5 rings (SSSR count). The molecule has 3 aromatic heterocycles. The van der Waals surface area contributed by atoms with Gasteiger partial charge in [0, 0.05) is 24.1 Å². The minimum absolute atomic E-state index is 0.124. The molecule has 0 bridgehead atoms. The van der Waals surface area contributed by atoms with Crippen molar-refractivity contribution in [3.05, 3.63) is 77.6 Å². The van der Waals surface area contributed by atoms with Gasteiger partial charge < -0.3 is 20.4 Å². The lowest BCUT2D eigenvalue weighted by atomic mass is 10.0. The van der Waals surface area contributed by atoms with E-state index in [-0.39, 0.29) is 16.9 Å². The van der Waals surface area contributed by atoms with E-state index in [1.165, 1.54) is 58.2 Å². The molecule has 0 aliphatic rings. The van der Waals surface area contributed by atoms with E-state index in [2.05, 4.69) is 25.6 Å². The van der Waals surface area contributed by atoms with Gasteiger partial charge in [0.15, 0.2) is 5.78 Å².